The van der Waals surface area contributed by atoms with Gasteiger partial charge in [-0.1, -0.05) is 30.3 Å². The summed E-state index contributed by atoms with van der Waals surface area (Å²) >= 11 is 0. The molecule has 1 heterocycles. The van der Waals surface area contributed by atoms with Gasteiger partial charge in [0.25, 0.3) is 0 Å². The van der Waals surface area contributed by atoms with E-state index in [9.17, 15) is 9.18 Å². The summed E-state index contributed by atoms with van der Waals surface area (Å²) in [6.45, 7) is 0.456. The number of hydrogen-bond donors (Lipinski definition) is 0. The van der Waals surface area contributed by atoms with Crippen LogP contribution in [0.4, 0.5) is 4.39 Å². The van der Waals surface area contributed by atoms with E-state index in [2.05, 4.69) is 5.10 Å². The Kier molecular flexibility index (Phi) is 3.39. The highest BCUT2D eigenvalue weighted by atomic mass is 19.1. The van der Waals surface area contributed by atoms with E-state index in [1.807, 2.05) is 30.3 Å². The molecule has 2 aromatic carbocycles. The van der Waals surface area contributed by atoms with E-state index in [4.69, 9.17) is 4.74 Å². The third-order valence-electron chi connectivity index (χ3n) is 3.33. The van der Waals surface area contributed by atoms with Gasteiger partial charge < -0.3 is 4.74 Å². The molecule has 0 fully saturated rings. The summed E-state index contributed by atoms with van der Waals surface area (Å²) in [5.41, 5.74) is 1.77. The molecule has 21 heavy (non-hydrogen) atoms. The number of nitrogens with zero attached hydrogens (tertiary/aromatic N) is 2. The number of ether oxygens (including phenoxy) is 1. The molecule has 4 nitrogen and oxygen atoms in total. The Morgan fingerprint density at radius 1 is 1.24 bits per heavy atom. The first-order valence-corrected chi connectivity index (χ1v) is 6.47. The monoisotopic (exact) mass is 284 g/mol. The van der Waals surface area contributed by atoms with Crippen LogP contribution in [-0.2, 0) is 11.3 Å². The molecule has 0 saturated heterocycles. The van der Waals surface area contributed by atoms with Crippen LogP contribution in [0.5, 0.6) is 0 Å². The normalized spacial score (nSPS) is 10.8. The number of carbonyl (C=O) groups is 1. The number of esters is 1. The standard InChI is InChI=1S/C16H13FN2O2/c1-21-16(20)12-7-8-14(17)13-9-18-19(15(12)13)10-11-5-3-2-4-6-11/h2-9H,10H2,1H3. The Morgan fingerprint density at radius 2 is 2.00 bits per heavy atom. The lowest BCUT2D eigenvalue weighted by Crippen LogP contribution is -2.08. The molecular formula is C16H13FN2O2. The zero-order chi connectivity index (χ0) is 14.8. The number of benzene rings is 2. The van der Waals surface area contributed by atoms with Crippen LogP contribution in [0.1, 0.15) is 15.9 Å². The minimum atomic E-state index is -0.505. The summed E-state index contributed by atoms with van der Waals surface area (Å²) < 4.78 is 20.2. The van der Waals surface area contributed by atoms with Crippen molar-refractivity contribution in [2.24, 2.45) is 0 Å². The zero-order valence-electron chi connectivity index (χ0n) is 11.4. The van der Waals surface area contributed by atoms with Crippen LogP contribution < -0.4 is 0 Å². The van der Waals surface area contributed by atoms with Crippen LogP contribution in [0, 0.1) is 5.82 Å². The van der Waals surface area contributed by atoms with Crippen molar-refractivity contribution in [3.63, 3.8) is 0 Å². The molecule has 106 valence electrons. The Hall–Kier alpha value is -2.69. The molecule has 0 spiro atoms. The zero-order valence-corrected chi connectivity index (χ0v) is 11.4. The van der Waals surface area contributed by atoms with E-state index in [1.165, 1.54) is 25.4 Å². The first-order valence-electron chi connectivity index (χ1n) is 6.47. The molecule has 0 amide bonds. The lowest BCUT2D eigenvalue weighted by Gasteiger charge is -2.07. The van der Waals surface area contributed by atoms with Crippen molar-refractivity contribution in [3.8, 4) is 0 Å². The van der Waals surface area contributed by atoms with Crippen LogP contribution in [0.3, 0.4) is 0 Å². The lowest BCUT2D eigenvalue weighted by atomic mass is 10.1. The van der Waals surface area contributed by atoms with Crippen molar-refractivity contribution in [1.82, 2.24) is 9.78 Å². The van der Waals surface area contributed by atoms with Gasteiger partial charge in [-0.15, -0.1) is 0 Å². The summed E-state index contributed by atoms with van der Waals surface area (Å²) in [5.74, 6) is -0.910. The Labute approximate surface area is 120 Å². The third kappa shape index (κ3) is 2.38. The molecule has 0 bridgehead atoms. The second-order valence-corrected chi connectivity index (χ2v) is 4.64. The summed E-state index contributed by atoms with van der Waals surface area (Å²) in [4.78, 5) is 11.9. The summed E-state index contributed by atoms with van der Waals surface area (Å²) in [7, 11) is 1.30. The fourth-order valence-electron chi connectivity index (χ4n) is 2.32. The third-order valence-corrected chi connectivity index (χ3v) is 3.33. The maximum atomic E-state index is 13.9. The molecule has 1 aromatic heterocycles. The van der Waals surface area contributed by atoms with Gasteiger partial charge in [-0.3, -0.25) is 4.68 Å². The van der Waals surface area contributed by atoms with Gasteiger partial charge in [-0.25, -0.2) is 9.18 Å². The van der Waals surface area contributed by atoms with E-state index >= 15 is 0 Å². The number of carbonyl (C=O) groups excluding carboxylic acids is 1. The molecule has 3 rings (SSSR count). The molecule has 0 N–H and O–H groups in total. The number of fused-ring (bicyclic) bond motifs is 1. The molecule has 0 unspecified atom stereocenters. The van der Waals surface area contributed by atoms with Crippen molar-refractivity contribution in [2.75, 3.05) is 7.11 Å². The van der Waals surface area contributed by atoms with Crippen molar-refractivity contribution < 1.29 is 13.9 Å². The van der Waals surface area contributed by atoms with Crippen molar-refractivity contribution in [3.05, 3.63) is 65.6 Å². The first kappa shape index (κ1) is 13.3. The van der Waals surface area contributed by atoms with Gasteiger partial charge in [0.05, 0.1) is 36.3 Å². The summed E-state index contributed by atoms with van der Waals surface area (Å²) in [5, 5.41) is 4.51. The van der Waals surface area contributed by atoms with E-state index in [-0.39, 0.29) is 0 Å². The predicted molar refractivity (Wildman–Crippen MR) is 76.6 cm³/mol. The quantitative estimate of drug-likeness (QED) is 0.694. The average molecular weight is 284 g/mol. The number of hydrogen-bond acceptors (Lipinski definition) is 3. The van der Waals surface area contributed by atoms with E-state index in [1.54, 1.807) is 4.68 Å². The minimum Gasteiger partial charge on any atom is -0.465 e. The Bertz CT molecular complexity index is 797. The van der Waals surface area contributed by atoms with E-state index < -0.39 is 11.8 Å². The van der Waals surface area contributed by atoms with Gasteiger partial charge in [0.15, 0.2) is 0 Å². The van der Waals surface area contributed by atoms with Crippen molar-refractivity contribution >= 4 is 16.9 Å². The SMILES string of the molecule is COC(=O)c1ccc(F)c2cnn(Cc3ccccc3)c12. The molecule has 5 heteroatoms. The fourth-order valence-corrected chi connectivity index (χ4v) is 2.32. The van der Waals surface area contributed by atoms with Gasteiger partial charge in [0.1, 0.15) is 5.82 Å². The van der Waals surface area contributed by atoms with Crippen LogP contribution in [-0.4, -0.2) is 22.9 Å². The minimum absolute atomic E-state index is 0.308. The van der Waals surface area contributed by atoms with Gasteiger partial charge >= 0.3 is 5.97 Å². The maximum Gasteiger partial charge on any atom is 0.340 e. The smallest absolute Gasteiger partial charge is 0.340 e. The Morgan fingerprint density at radius 3 is 2.71 bits per heavy atom. The predicted octanol–water partition coefficient (Wildman–Crippen LogP) is 3.01. The van der Waals surface area contributed by atoms with Crippen LogP contribution in [0.2, 0.25) is 0 Å². The maximum absolute atomic E-state index is 13.9. The molecule has 0 aliphatic carbocycles. The molecule has 3 aromatic rings. The second-order valence-electron chi connectivity index (χ2n) is 4.64. The van der Waals surface area contributed by atoms with Gasteiger partial charge in [0.2, 0.25) is 0 Å². The molecule has 0 saturated carbocycles. The average Bonchev–Trinajstić information content (AvgIpc) is 2.93. The van der Waals surface area contributed by atoms with Crippen molar-refractivity contribution in [1.29, 1.82) is 0 Å². The molecular weight excluding hydrogens is 271 g/mol. The summed E-state index contributed by atoms with van der Waals surface area (Å²) in [6, 6.07) is 12.3. The fraction of sp³-hybridized carbons (Fsp3) is 0.125. The van der Waals surface area contributed by atoms with Gasteiger partial charge in [-0.05, 0) is 17.7 Å². The number of halogens is 1. The molecule has 0 atom stereocenters. The van der Waals surface area contributed by atoms with Gasteiger partial charge in [-0.2, -0.15) is 5.10 Å². The first-order chi connectivity index (χ1) is 10.2. The van der Waals surface area contributed by atoms with Crippen LogP contribution in [0.25, 0.3) is 10.9 Å². The highest BCUT2D eigenvalue weighted by molar-refractivity contribution is 6.03. The second kappa shape index (κ2) is 5.36. The lowest BCUT2D eigenvalue weighted by molar-refractivity contribution is 0.0602. The van der Waals surface area contributed by atoms with Crippen molar-refractivity contribution in [2.45, 2.75) is 6.54 Å². The van der Waals surface area contributed by atoms with Crippen LogP contribution in [0.15, 0.2) is 48.7 Å². The Balaban J connectivity index is 2.15. The highest BCUT2D eigenvalue weighted by Gasteiger charge is 2.17. The summed E-state index contributed by atoms with van der Waals surface area (Å²) in [6.07, 6.45) is 1.43. The van der Waals surface area contributed by atoms with Crippen LogP contribution >= 0.6 is 0 Å². The van der Waals surface area contributed by atoms with E-state index in [0.29, 0.717) is 23.0 Å². The number of aromatic nitrogens is 2. The number of rotatable bonds is 3. The molecule has 0 aliphatic heterocycles. The topological polar surface area (TPSA) is 44.1 Å². The van der Waals surface area contributed by atoms with E-state index in [0.717, 1.165) is 5.56 Å². The van der Waals surface area contributed by atoms with Gasteiger partial charge in [0, 0.05) is 0 Å². The molecule has 0 radical (unpaired) electrons. The highest BCUT2D eigenvalue weighted by Crippen LogP contribution is 2.23. The number of methoxy groups -OCH3 is 1. The largest absolute Gasteiger partial charge is 0.465 e. The molecule has 0 aliphatic rings.